The third-order valence-corrected chi connectivity index (χ3v) is 15.8. The number of aromatic nitrogens is 4. The maximum Gasteiger partial charge on any atom is 0.321 e. The highest BCUT2D eigenvalue weighted by atomic mass is 16.5. The zero-order valence-corrected chi connectivity index (χ0v) is 45.5. The Morgan fingerprint density at radius 1 is 0.632 bits per heavy atom. The third kappa shape index (κ3) is 12.4. The number of aliphatic carboxylic acids is 2. The van der Waals surface area contributed by atoms with Crippen molar-refractivity contribution in [2.45, 2.75) is 143 Å². The fourth-order valence-corrected chi connectivity index (χ4v) is 12.0. The number of carboxylic acid groups (broad SMARTS) is 2. The molecular weight excluding hydrogens is 961 g/mol. The second-order valence-corrected chi connectivity index (χ2v) is 22.1. The van der Waals surface area contributed by atoms with E-state index in [1.54, 1.807) is 14.2 Å². The van der Waals surface area contributed by atoms with Crippen LogP contribution in [-0.2, 0) is 58.2 Å². The van der Waals surface area contributed by atoms with E-state index in [2.05, 4.69) is 99.5 Å². The summed E-state index contributed by atoms with van der Waals surface area (Å²) in [7, 11) is 3.45. The van der Waals surface area contributed by atoms with E-state index in [0.29, 0.717) is 61.8 Å². The van der Waals surface area contributed by atoms with Crippen molar-refractivity contribution in [3.05, 3.63) is 106 Å². The lowest BCUT2D eigenvalue weighted by atomic mass is 9.84. The number of hydrogen-bond donors (Lipinski definition) is 2. The van der Waals surface area contributed by atoms with E-state index in [0.717, 1.165) is 96.4 Å². The molecule has 404 valence electrons. The number of carbonyl (C=O) groups is 2. The molecule has 0 bridgehead atoms. The lowest BCUT2D eigenvalue weighted by Crippen LogP contribution is -2.51. The van der Waals surface area contributed by atoms with Crippen LogP contribution in [0.3, 0.4) is 0 Å². The number of fused-ring (bicyclic) bond motifs is 2. The highest BCUT2D eigenvalue weighted by molar-refractivity contribution is 5.75. The van der Waals surface area contributed by atoms with Crippen molar-refractivity contribution in [2.75, 3.05) is 56.7 Å². The number of nitrogens with zero attached hydrogens (tertiary/aromatic N) is 8. The summed E-state index contributed by atoms with van der Waals surface area (Å²) < 4.78 is 22.5. The number of rotatable bonds is 16. The van der Waals surface area contributed by atoms with Gasteiger partial charge in [-0.05, 0) is 140 Å². The normalized spacial score (nSPS) is 18.6. The van der Waals surface area contributed by atoms with Crippen molar-refractivity contribution in [1.29, 1.82) is 0 Å². The maximum atomic E-state index is 12.1. The van der Waals surface area contributed by atoms with Crippen LogP contribution in [0.1, 0.15) is 119 Å². The molecule has 2 saturated heterocycles. The second kappa shape index (κ2) is 24.3. The quantitative estimate of drug-likeness (QED) is 0.0932. The zero-order valence-electron chi connectivity index (χ0n) is 45.5. The Balaban J connectivity index is 0.000000187. The molecular formula is C60H76N8O8. The van der Waals surface area contributed by atoms with Crippen LogP contribution < -0.4 is 9.80 Å². The van der Waals surface area contributed by atoms with E-state index in [1.807, 2.05) is 37.8 Å². The first-order valence-electron chi connectivity index (χ1n) is 27.4. The Hall–Kier alpha value is -6.46. The SMILES string of the molecule is CCC1CCCCN1c1ccc(-c2nc(-c3ccc4c(c3)CN(C(C(=O)O)C(C)(C)C)CC4)no2)cc1COC.CCC1CCCCN1c1ccc(-c2nc(-c3ccc4c(c3)CN(CC(=O)O)CC4)no2)cc1COC. The molecule has 4 aliphatic heterocycles. The van der Waals surface area contributed by atoms with Crippen LogP contribution in [0, 0.1) is 5.41 Å². The van der Waals surface area contributed by atoms with E-state index in [4.69, 9.17) is 33.6 Å². The molecule has 0 radical (unpaired) electrons. The Bertz CT molecular complexity index is 2960. The zero-order chi connectivity index (χ0) is 53.5. The average molecular weight is 1040 g/mol. The minimum absolute atomic E-state index is 0.0479. The first-order valence-corrected chi connectivity index (χ1v) is 27.4. The summed E-state index contributed by atoms with van der Waals surface area (Å²) in [5, 5.41) is 27.6. The molecule has 10 rings (SSSR count). The van der Waals surface area contributed by atoms with Gasteiger partial charge in [0.1, 0.15) is 6.04 Å². The summed E-state index contributed by atoms with van der Waals surface area (Å²) in [4.78, 5) is 41.8. The topological polar surface area (TPSA) is 184 Å². The number of piperidine rings is 2. The Morgan fingerprint density at radius 3 is 1.58 bits per heavy atom. The van der Waals surface area contributed by atoms with E-state index in [9.17, 15) is 14.7 Å². The molecule has 0 amide bonds. The van der Waals surface area contributed by atoms with Gasteiger partial charge in [0, 0.05) is 110 Å². The first-order chi connectivity index (χ1) is 36.7. The van der Waals surface area contributed by atoms with Gasteiger partial charge in [-0.1, -0.05) is 69.2 Å². The molecule has 3 unspecified atom stereocenters. The molecule has 0 aliphatic carbocycles. The van der Waals surface area contributed by atoms with Crippen LogP contribution in [0.4, 0.5) is 11.4 Å². The number of methoxy groups -OCH3 is 2. The van der Waals surface area contributed by atoms with Crippen molar-refractivity contribution < 1.29 is 38.3 Å². The largest absolute Gasteiger partial charge is 0.480 e. The molecule has 0 spiro atoms. The summed E-state index contributed by atoms with van der Waals surface area (Å²) in [5.41, 5.74) is 12.5. The molecule has 3 atom stereocenters. The van der Waals surface area contributed by atoms with Crippen molar-refractivity contribution >= 4 is 23.3 Å². The summed E-state index contributed by atoms with van der Waals surface area (Å²) in [5.74, 6) is 0.427. The van der Waals surface area contributed by atoms with Crippen LogP contribution in [-0.4, -0.2) is 117 Å². The van der Waals surface area contributed by atoms with Crippen LogP contribution in [0.15, 0.2) is 81.8 Å². The molecule has 76 heavy (non-hydrogen) atoms. The molecule has 16 nitrogen and oxygen atoms in total. The lowest BCUT2D eigenvalue weighted by Gasteiger charge is -2.39. The molecule has 6 aromatic rings. The van der Waals surface area contributed by atoms with Crippen molar-refractivity contribution in [2.24, 2.45) is 5.41 Å². The summed E-state index contributed by atoms with van der Waals surface area (Å²) in [6, 6.07) is 25.6. The molecule has 4 aliphatic rings. The van der Waals surface area contributed by atoms with Gasteiger partial charge >= 0.3 is 11.9 Å². The number of ether oxygens (including phenoxy) is 2. The van der Waals surface area contributed by atoms with E-state index in [1.165, 1.54) is 61.0 Å². The molecule has 16 heteroatoms. The Labute approximate surface area is 447 Å². The standard InChI is InChI=1S/C32H42N4O4.C28H34N4O4/c1-6-26-9-7-8-15-36(26)27-13-12-23(18-25(27)20-39-5)30-33-29(34-40-30)22-11-10-21-14-16-35(19-24(21)17-22)28(31(37)38)32(2,3)4;1-3-24-6-4-5-12-32(24)25-10-9-21(15-23(25)18-35-2)28-29-27(30-36-28)20-8-7-19-11-13-31(17-26(33)34)16-22(19)14-20/h10-13,17-18,26,28H,6-9,14-16,19-20H2,1-5H3,(H,37,38);7-10,14-15,24H,3-6,11-13,16-18H2,1-2H3,(H,33,34). The molecule has 6 heterocycles. The van der Waals surface area contributed by atoms with Gasteiger partial charge in [0.05, 0.1) is 19.8 Å². The van der Waals surface area contributed by atoms with Gasteiger partial charge in [-0.2, -0.15) is 9.97 Å². The van der Waals surface area contributed by atoms with Crippen LogP contribution in [0.5, 0.6) is 0 Å². The predicted octanol–water partition coefficient (Wildman–Crippen LogP) is 10.9. The molecule has 2 N–H and O–H groups in total. The number of anilines is 2. The first kappa shape index (κ1) is 54.3. The van der Waals surface area contributed by atoms with Gasteiger partial charge in [0.25, 0.3) is 11.8 Å². The van der Waals surface area contributed by atoms with Gasteiger partial charge in [-0.3, -0.25) is 19.4 Å². The molecule has 4 aromatic carbocycles. The third-order valence-electron chi connectivity index (χ3n) is 15.8. The Kier molecular flexibility index (Phi) is 17.3. The van der Waals surface area contributed by atoms with Crippen molar-refractivity contribution in [3.63, 3.8) is 0 Å². The molecule has 0 saturated carbocycles. The minimum atomic E-state index is -0.804. The van der Waals surface area contributed by atoms with E-state index >= 15 is 0 Å². The predicted molar refractivity (Wildman–Crippen MR) is 294 cm³/mol. The minimum Gasteiger partial charge on any atom is -0.480 e. The van der Waals surface area contributed by atoms with Crippen molar-refractivity contribution in [3.8, 4) is 45.7 Å². The van der Waals surface area contributed by atoms with Gasteiger partial charge < -0.3 is 38.5 Å². The monoisotopic (exact) mass is 1040 g/mol. The smallest absolute Gasteiger partial charge is 0.321 e. The van der Waals surface area contributed by atoms with E-state index < -0.39 is 18.0 Å². The summed E-state index contributed by atoms with van der Waals surface area (Å²) in [6.07, 6.45) is 11.4. The van der Waals surface area contributed by atoms with Crippen LogP contribution in [0.25, 0.3) is 45.7 Å². The maximum absolute atomic E-state index is 12.1. The summed E-state index contributed by atoms with van der Waals surface area (Å²) in [6.45, 7) is 16.4. The van der Waals surface area contributed by atoms with Gasteiger partial charge in [-0.15, -0.1) is 0 Å². The highest BCUT2D eigenvalue weighted by Gasteiger charge is 2.38. The van der Waals surface area contributed by atoms with Gasteiger partial charge in [-0.25, -0.2) is 0 Å². The van der Waals surface area contributed by atoms with Crippen LogP contribution in [0.2, 0.25) is 0 Å². The lowest BCUT2D eigenvalue weighted by molar-refractivity contribution is -0.148. The van der Waals surface area contributed by atoms with Gasteiger partial charge in [0.15, 0.2) is 0 Å². The highest BCUT2D eigenvalue weighted by Crippen LogP contribution is 2.37. The Morgan fingerprint density at radius 2 is 1.12 bits per heavy atom. The fraction of sp³-hybridized carbons (Fsp3) is 0.500. The fourth-order valence-electron chi connectivity index (χ4n) is 12.0. The summed E-state index contributed by atoms with van der Waals surface area (Å²) >= 11 is 0. The average Bonchev–Trinajstić information content (AvgIpc) is 4.13. The van der Waals surface area contributed by atoms with Gasteiger partial charge in [0.2, 0.25) is 11.6 Å². The second-order valence-electron chi connectivity index (χ2n) is 22.1. The molecule has 2 fully saturated rings. The van der Waals surface area contributed by atoms with E-state index in [-0.39, 0.29) is 12.0 Å². The van der Waals surface area contributed by atoms with Crippen LogP contribution >= 0.6 is 0 Å². The number of hydrogen-bond acceptors (Lipinski definition) is 14. The molecule has 2 aromatic heterocycles. The van der Waals surface area contributed by atoms with Crippen molar-refractivity contribution in [1.82, 2.24) is 30.1 Å². The number of benzene rings is 4. The number of carboxylic acids is 2.